The average Bonchev–Trinajstić information content (AvgIpc) is 2.28. The second-order valence-corrected chi connectivity index (χ2v) is 3.28. The van der Waals surface area contributed by atoms with Gasteiger partial charge >= 0.3 is 6.03 Å². The molecule has 0 aliphatic rings. The highest BCUT2D eigenvalue weighted by Gasteiger charge is 2.05. The van der Waals surface area contributed by atoms with Gasteiger partial charge in [0.05, 0.1) is 24.1 Å². The van der Waals surface area contributed by atoms with E-state index in [-0.39, 0.29) is 12.4 Å². The summed E-state index contributed by atoms with van der Waals surface area (Å²) in [6.45, 7) is 2.02. The highest BCUT2D eigenvalue weighted by molar-refractivity contribution is 6.28. The first-order valence-electron chi connectivity index (χ1n) is 4.53. The zero-order valence-electron chi connectivity index (χ0n) is 8.66. The van der Waals surface area contributed by atoms with E-state index >= 15 is 0 Å². The smallest absolute Gasteiger partial charge is 0.321 e. The molecular weight excluding hydrogens is 232 g/mol. The van der Waals surface area contributed by atoms with Gasteiger partial charge in [-0.1, -0.05) is 0 Å². The number of aromatic nitrogens is 2. The predicted molar refractivity (Wildman–Crippen MR) is 57.9 cm³/mol. The summed E-state index contributed by atoms with van der Waals surface area (Å²) in [5, 5.41) is 4.49. The lowest BCUT2D eigenvalue weighted by Crippen LogP contribution is -2.39. The summed E-state index contributed by atoms with van der Waals surface area (Å²) in [7, 11) is 0. The molecule has 0 bridgehead atoms. The Morgan fingerprint density at radius 1 is 1.38 bits per heavy atom. The maximum atomic E-state index is 11.1. The van der Waals surface area contributed by atoms with Crippen molar-refractivity contribution in [1.82, 2.24) is 20.6 Å². The molecular formula is C9H11ClN4O2. The third kappa shape index (κ3) is 4.22. The SMILES string of the molecule is Cc1cnc(CNC(=O)NC(=O)CCl)cn1. The van der Waals surface area contributed by atoms with Crippen LogP contribution >= 0.6 is 11.6 Å². The molecule has 0 atom stereocenters. The van der Waals surface area contributed by atoms with Crippen molar-refractivity contribution in [2.45, 2.75) is 13.5 Å². The quantitative estimate of drug-likeness (QED) is 0.749. The predicted octanol–water partition coefficient (Wildman–Crippen LogP) is 0.350. The molecule has 2 N–H and O–H groups in total. The number of urea groups is 1. The third-order valence-electron chi connectivity index (χ3n) is 1.64. The summed E-state index contributed by atoms with van der Waals surface area (Å²) >= 11 is 5.22. The molecule has 0 aliphatic carbocycles. The number of amides is 3. The topological polar surface area (TPSA) is 84.0 Å². The van der Waals surface area contributed by atoms with Gasteiger partial charge in [-0.3, -0.25) is 20.1 Å². The second kappa shape index (κ2) is 6.02. The Hall–Kier alpha value is -1.69. The van der Waals surface area contributed by atoms with Crippen LogP contribution in [0.25, 0.3) is 0 Å². The van der Waals surface area contributed by atoms with Crippen molar-refractivity contribution < 1.29 is 9.59 Å². The number of hydrogen-bond acceptors (Lipinski definition) is 4. The fourth-order valence-corrected chi connectivity index (χ4v) is 0.952. The largest absolute Gasteiger partial charge is 0.332 e. The van der Waals surface area contributed by atoms with Crippen molar-refractivity contribution in [2.24, 2.45) is 0 Å². The molecule has 0 radical (unpaired) electrons. The first-order valence-corrected chi connectivity index (χ1v) is 5.06. The fraction of sp³-hybridized carbons (Fsp3) is 0.333. The van der Waals surface area contributed by atoms with Crippen molar-refractivity contribution in [3.05, 3.63) is 23.8 Å². The van der Waals surface area contributed by atoms with Crippen LogP contribution in [0.2, 0.25) is 0 Å². The molecule has 0 saturated carbocycles. The molecule has 3 amide bonds. The molecule has 16 heavy (non-hydrogen) atoms. The lowest BCUT2D eigenvalue weighted by Gasteiger charge is -2.04. The second-order valence-electron chi connectivity index (χ2n) is 3.01. The standard InChI is InChI=1S/C9H11ClN4O2/c1-6-3-12-7(4-11-6)5-13-9(16)14-8(15)2-10/h3-4H,2,5H2,1H3,(H2,13,14,15,16). The maximum absolute atomic E-state index is 11.1. The molecule has 0 unspecified atom stereocenters. The van der Waals surface area contributed by atoms with Crippen molar-refractivity contribution >= 4 is 23.5 Å². The number of rotatable bonds is 3. The Kier molecular flexibility index (Phi) is 4.65. The van der Waals surface area contributed by atoms with Crippen LogP contribution in [0, 0.1) is 6.92 Å². The fourth-order valence-electron chi connectivity index (χ4n) is 0.886. The number of hydrogen-bond donors (Lipinski definition) is 2. The molecule has 1 heterocycles. The number of imide groups is 1. The Morgan fingerprint density at radius 2 is 2.12 bits per heavy atom. The van der Waals surface area contributed by atoms with E-state index in [1.165, 1.54) is 0 Å². The molecule has 6 nitrogen and oxygen atoms in total. The van der Waals surface area contributed by atoms with Crippen LogP contribution < -0.4 is 10.6 Å². The molecule has 0 fully saturated rings. The minimum atomic E-state index is -0.604. The number of nitrogens with one attached hydrogen (secondary N) is 2. The van der Waals surface area contributed by atoms with Gasteiger partial charge in [0.15, 0.2) is 0 Å². The maximum Gasteiger partial charge on any atom is 0.321 e. The average molecular weight is 243 g/mol. The number of nitrogens with zero attached hydrogens (tertiary/aromatic N) is 2. The van der Waals surface area contributed by atoms with Crippen LogP contribution in [0.15, 0.2) is 12.4 Å². The van der Waals surface area contributed by atoms with Gasteiger partial charge in [-0.15, -0.1) is 11.6 Å². The summed E-state index contributed by atoms with van der Waals surface area (Å²) in [4.78, 5) is 29.9. The van der Waals surface area contributed by atoms with Crippen molar-refractivity contribution in [3.8, 4) is 0 Å². The first kappa shape index (κ1) is 12.4. The Bertz CT molecular complexity index is 380. The summed E-state index contributed by atoms with van der Waals surface area (Å²) in [6.07, 6.45) is 3.15. The van der Waals surface area contributed by atoms with E-state index in [1.807, 2.05) is 12.2 Å². The van der Waals surface area contributed by atoms with Crippen LogP contribution in [-0.2, 0) is 11.3 Å². The van der Waals surface area contributed by atoms with E-state index in [9.17, 15) is 9.59 Å². The molecule has 86 valence electrons. The molecule has 1 aromatic heterocycles. The van der Waals surface area contributed by atoms with E-state index in [4.69, 9.17) is 11.6 Å². The van der Waals surface area contributed by atoms with Crippen LogP contribution in [-0.4, -0.2) is 27.8 Å². The molecule has 1 aromatic rings. The van der Waals surface area contributed by atoms with Gasteiger partial charge in [-0.25, -0.2) is 4.79 Å². The number of halogens is 1. The highest BCUT2D eigenvalue weighted by atomic mass is 35.5. The number of alkyl halides is 1. The van der Waals surface area contributed by atoms with Crippen LogP contribution in [0.4, 0.5) is 4.79 Å². The van der Waals surface area contributed by atoms with Crippen LogP contribution in [0.3, 0.4) is 0 Å². The van der Waals surface area contributed by atoms with Gasteiger partial charge in [0.25, 0.3) is 0 Å². The summed E-state index contributed by atoms with van der Waals surface area (Å²) in [5.41, 5.74) is 1.41. The normalized spacial score (nSPS) is 9.62. The van der Waals surface area contributed by atoms with Gasteiger partial charge in [0.2, 0.25) is 5.91 Å². The van der Waals surface area contributed by atoms with Crippen molar-refractivity contribution in [2.75, 3.05) is 5.88 Å². The van der Waals surface area contributed by atoms with Gasteiger partial charge in [0, 0.05) is 6.20 Å². The minimum Gasteiger partial charge on any atom is -0.332 e. The zero-order chi connectivity index (χ0) is 12.0. The molecule has 1 rings (SSSR count). The van der Waals surface area contributed by atoms with Crippen LogP contribution in [0.5, 0.6) is 0 Å². The van der Waals surface area contributed by atoms with Gasteiger partial charge in [-0.05, 0) is 6.92 Å². The summed E-state index contributed by atoms with van der Waals surface area (Å²) < 4.78 is 0. The van der Waals surface area contributed by atoms with E-state index in [0.717, 1.165) is 5.69 Å². The van der Waals surface area contributed by atoms with Crippen LogP contribution in [0.1, 0.15) is 11.4 Å². The minimum absolute atomic E-state index is 0.203. The molecule has 0 aliphatic heterocycles. The van der Waals surface area contributed by atoms with E-state index in [1.54, 1.807) is 12.4 Å². The zero-order valence-corrected chi connectivity index (χ0v) is 9.41. The Labute approximate surface area is 97.4 Å². The van der Waals surface area contributed by atoms with E-state index in [2.05, 4.69) is 15.3 Å². The van der Waals surface area contributed by atoms with Gasteiger partial charge in [0.1, 0.15) is 5.88 Å². The molecule has 7 heteroatoms. The Balaban J connectivity index is 2.37. The molecule has 0 spiro atoms. The Morgan fingerprint density at radius 3 is 2.69 bits per heavy atom. The molecule has 0 aromatic carbocycles. The lowest BCUT2D eigenvalue weighted by atomic mass is 10.4. The van der Waals surface area contributed by atoms with E-state index in [0.29, 0.717) is 5.69 Å². The van der Waals surface area contributed by atoms with Gasteiger partial charge in [-0.2, -0.15) is 0 Å². The number of carbonyl (C=O) groups is 2. The number of carbonyl (C=O) groups excluding carboxylic acids is 2. The summed E-state index contributed by atoms with van der Waals surface area (Å²) in [6, 6.07) is -0.604. The van der Waals surface area contributed by atoms with Crippen molar-refractivity contribution in [3.63, 3.8) is 0 Å². The molecule has 0 saturated heterocycles. The first-order chi connectivity index (χ1) is 7.61. The van der Waals surface area contributed by atoms with Crippen molar-refractivity contribution in [1.29, 1.82) is 0 Å². The van der Waals surface area contributed by atoms with E-state index < -0.39 is 11.9 Å². The third-order valence-corrected chi connectivity index (χ3v) is 1.88. The monoisotopic (exact) mass is 242 g/mol. The summed E-state index contributed by atoms with van der Waals surface area (Å²) in [5.74, 6) is -0.799. The van der Waals surface area contributed by atoms with Gasteiger partial charge < -0.3 is 5.32 Å². The lowest BCUT2D eigenvalue weighted by molar-refractivity contribution is -0.117. The number of aryl methyl sites for hydroxylation is 1. The highest BCUT2D eigenvalue weighted by Crippen LogP contribution is 1.92.